The molecule has 4 nitrogen and oxygen atoms in total. The van der Waals surface area contributed by atoms with E-state index in [1.807, 2.05) is 18.2 Å². The van der Waals surface area contributed by atoms with Crippen LogP contribution in [0.3, 0.4) is 0 Å². The van der Waals surface area contributed by atoms with E-state index in [0.29, 0.717) is 12.3 Å². The van der Waals surface area contributed by atoms with Crippen molar-refractivity contribution in [2.45, 2.75) is 6.42 Å². The van der Waals surface area contributed by atoms with E-state index >= 15 is 0 Å². The topological polar surface area (TPSA) is 59.5 Å². The maximum atomic E-state index is 12.2. The summed E-state index contributed by atoms with van der Waals surface area (Å²) in [6, 6.07) is 9.03. The van der Waals surface area contributed by atoms with Crippen molar-refractivity contribution in [1.29, 1.82) is 0 Å². The van der Waals surface area contributed by atoms with E-state index in [9.17, 15) is 4.79 Å². The molecule has 1 aromatic carbocycles. The molecular weight excluding hydrogens is 216 g/mol. The lowest BCUT2D eigenvalue weighted by Crippen LogP contribution is -2.28. The maximum absolute atomic E-state index is 12.2. The summed E-state index contributed by atoms with van der Waals surface area (Å²) in [7, 11) is 0. The minimum Gasteiger partial charge on any atom is -0.459 e. The third-order valence-corrected chi connectivity index (χ3v) is 3.04. The summed E-state index contributed by atoms with van der Waals surface area (Å²) in [5.74, 6) is 0.250. The Labute approximate surface area is 98.6 Å². The second-order valence-corrected chi connectivity index (χ2v) is 4.03. The zero-order valence-corrected chi connectivity index (χ0v) is 9.22. The maximum Gasteiger partial charge on any atom is 0.293 e. The van der Waals surface area contributed by atoms with Crippen molar-refractivity contribution in [3.05, 3.63) is 47.9 Å². The third kappa shape index (κ3) is 1.49. The van der Waals surface area contributed by atoms with Crippen molar-refractivity contribution in [3.8, 4) is 0 Å². The summed E-state index contributed by atoms with van der Waals surface area (Å²) >= 11 is 0. The van der Waals surface area contributed by atoms with Crippen LogP contribution in [0.2, 0.25) is 0 Å². The van der Waals surface area contributed by atoms with Gasteiger partial charge in [-0.2, -0.15) is 0 Å². The lowest BCUT2D eigenvalue weighted by Gasteiger charge is -2.15. The van der Waals surface area contributed by atoms with Crippen molar-refractivity contribution < 1.29 is 9.21 Å². The molecule has 0 unspecified atom stereocenters. The summed E-state index contributed by atoms with van der Waals surface area (Å²) in [5.41, 5.74) is 8.58. The molecule has 1 aliphatic heterocycles. The molecule has 1 aliphatic rings. The highest BCUT2D eigenvalue weighted by Crippen LogP contribution is 2.32. The van der Waals surface area contributed by atoms with Crippen LogP contribution in [0, 0.1) is 0 Å². The number of carbonyl (C=O) groups excluding carboxylic acids is 1. The molecule has 0 fully saturated rings. The predicted molar refractivity (Wildman–Crippen MR) is 64.9 cm³/mol. The molecule has 1 aromatic heterocycles. The Balaban J connectivity index is 1.99. The zero-order valence-electron chi connectivity index (χ0n) is 9.22. The van der Waals surface area contributed by atoms with Crippen molar-refractivity contribution in [2.24, 2.45) is 0 Å². The van der Waals surface area contributed by atoms with Crippen LogP contribution in [0.25, 0.3) is 0 Å². The number of furan rings is 1. The highest BCUT2D eigenvalue weighted by Gasteiger charge is 2.27. The van der Waals surface area contributed by atoms with Crippen LogP contribution in [0.1, 0.15) is 16.1 Å². The van der Waals surface area contributed by atoms with Gasteiger partial charge in [0, 0.05) is 23.5 Å². The van der Waals surface area contributed by atoms with Crippen molar-refractivity contribution >= 4 is 17.3 Å². The number of hydrogen-bond donors (Lipinski definition) is 1. The number of fused-ring (bicyclic) bond motifs is 1. The van der Waals surface area contributed by atoms with E-state index in [1.165, 1.54) is 6.26 Å². The molecule has 1 amide bonds. The van der Waals surface area contributed by atoms with E-state index in [1.54, 1.807) is 17.0 Å². The van der Waals surface area contributed by atoms with Gasteiger partial charge in [-0.05, 0) is 30.7 Å². The Morgan fingerprint density at radius 2 is 2.18 bits per heavy atom. The lowest BCUT2D eigenvalue weighted by molar-refractivity contribution is 0.0963. The van der Waals surface area contributed by atoms with E-state index < -0.39 is 0 Å². The Morgan fingerprint density at radius 3 is 2.94 bits per heavy atom. The number of rotatable bonds is 1. The number of carbonyl (C=O) groups is 1. The first-order chi connectivity index (χ1) is 8.27. The van der Waals surface area contributed by atoms with Gasteiger partial charge in [-0.3, -0.25) is 4.79 Å². The van der Waals surface area contributed by atoms with Gasteiger partial charge in [-0.15, -0.1) is 0 Å². The average molecular weight is 228 g/mol. The monoisotopic (exact) mass is 228 g/mol. The number of nitrogen functional groups attached to an aromatic ring is 1. The first kappa shape index (κ1) is 9.96. The standard InChI is InChI=1S/C13H12N2O2/c14-10-3-1-4-11-9(10)6-7-15(11)13(16)12-5-2-8-17-12/h1-5,8H,6-7,14H2. The van der Waals surface area contributed by atoms with Crippen LogP contribution < -0.4 is 10.6 Å². The van der Waals surface area contributed by atoms with Crippen LogP contribution in [0.4, 0.5) is 11.4 Å². The van der Waals surface area contributed by atoms with Crippen LogP contribution >= 0.6 is 0 Å². The lowest BCUT2D eigenvalue weighted by atomic mass is 10.1. The molecule has 0 atom stereocenters. The molecule has 0 saturated carbocycles. The second kappa shape index (κ2) is 3.66. The fourth-order valence-electron chi connectivity index (χ4n) is 2.21. The predicted octanol–water partition coefficient (Wildman–Crippen LogP) is 2.06. The smallest absolute Gasteiger partial charge is 0.293 e. The van der Waals surface area contributed by atoms with Crippen LogP contribution in [-0.4, -0.2) is 12.5 Å². The number of anilines is 2. The molecule has 2 N–H and O–H groups in total. The molecule has 0 saturated heterocycles. The van der Waals surface area contributed by atoms with Gasteiger partial charge in [0.25, 0.3) is 5.91 Å². The molecule has 3 rings (SSSR count). The summed E-state index contributed by atoms with van der Waals surface area (Å²) in [5, 5.41) is 0. The van der Waals surface area contributed by atoms with Gasteiger partial charge in [0.2, 0.25) is 0 Å². The Bertz CT molecular complexity index is 561. The average Bonchev–Trinajstić information content (AvgIpc) is 2.98. The van der Waals surface area contributed by atoms with Gasteiger partial charge in [0.05, 0.1) is 6.26 Å². The third-order valence-electron chi connectivity index (χ3n) is 3.04. The minimum atomic E-state index is -0.112. The molecule has 0 bridgehead atoms. The Hall–Kier alpha value is -2.23. The van der Waals surface area contributed by atoms with Crippen LogP contribution in [0.15, 0.2) is 41.0 Å². The van der Waals surface area contributed by atoms with Gasteiger partial charge in [-0.1, -0.05) is 6.07 Å². The van der Waals surface area contributed by atoms with Gasteiger partial charge in [0.1, 0.15) is 0 Å². The number of nitrogens with two attached hydrogens (primary N) is 1. The Kier molecular flexibility index (Phi) is 2.14. The van der Waals surface area contributed by atoms with Crippen LogP contribution in [-0.2, 0) is 6.42 Å². The summed E-state index contributed by atoms with van der Waals surface area (Å²) in [6.45, 7) is 0.656. The highest BCUT2D eigenvalue weighted by atomic mass is 16.3. The van der Waals surface area contributed by atoms with Crippen LogP contribution in [0.5, 0.6) is 0 Å². The minimum absolute atomic E-state index is 0.112. The molecule has 0 spiro atoms. The Morgan fingerprint density at radius 1 is 1.29 bits per heavy atom. The summed E-state index contributed by atoms with van der Waals surface area (Å²) in [6.07, 6.45) is 2.30. The number of nitrogens with zero attached hydrogens (tertiary/aromatic N) is 1. The zero-order chi connectivity index (χ0) is 11.8. The molecule has 17 heavy (non-hydrogen) atoms. The SMILES string of the molecule is Nc1cccc2c1CCN2C(=O)c1ccco1. The number of benzene rings is 1. The number of hydrogen-bond acceptors (Lipinski definition) is 3. The van der Waals surface area contributed by atoms with Gasteiger partial charge in [0.15, 0.2) is 5.76 Å². The molecule has 4 heteroatoms. The summed E-state index contributed by atoms with van der Waals surface area (Å²) < 4.78 is 5.13. The van der Waals surface area contributed by atoms with E-state index in [0.717, 1.165) is 23.4 Å². The van der Waals surface area contributed by atoms with Crippen molar-refractivity contribution in [2.75, 3.05) is 17.2 Å². The second-order valence-electron chi connectivity index (χ2n) is 4.03. The van der Waals surface area contributed by atoms with Crippen molar-refractivity contribution in [3.63, 3.8) is 0 Å². The fourth-order valence-corrected chi connectivity index (χ4v) is 2.21. The normalized spacial score (nSPS) is 13.8. The van der Waals surface area contributed by atoms with Gasteiger partial charge in [-0.25, -0.2) is 0 Å². The van der Waals surface area contributed by atoms with E-state index in [2.05, 4.69) is 0 Å². The number of amides is 1. The molecule has 2 aromatic rings. The largest absolute Gasteiger partial charge is 0.459 e. The molecule has 0 radical (unpaired) electrons. The molecule has 0 aliphatic carbocycles. The first-order valence-electron chi connectivity index (χ1n) is 5.50. The summed E-state index contributed by atoms with van der Waals surface area (Å²) in [4.78, 5) is 13.9. The van der Waals surface area contributed by atoms with E-state index in [-0.39, 0.29) is 5.91 Å². The highest BCUT2D eigenvalue weighted by molar-refractivity contribution is 6.05. The van der Waals surface area contributed by atoms with Gasteiger partial charge < -0.3 is 15.1 Å². The quantitative estimate of drug-likeness (QED) is 0.760. The first-order valence-corrected chi connectivity index (χ1v) is 5.50. The van der Waals surface area contributed by atoms with E-state index in [4.69, 9.17) is 10.2 Å². The molecule has 86 valence electrons. The molecular formula is C13H12N2O2. The molecule has 2 heterocycles. The van der Waals surface area contributed by atoms with Gasteiger partial charge >= 0.3 is 0 Å². The fraction of sp³-hybridized carbons (Fsp3) is 0.154. The van der Waals surface area contributed by atoms with Crippen molar-refractivity contribution in [1.82, 2.24) is 0 Å².